The summed E-state index contributed by atoms with van der Waals surface area (Å²) in [6.07, 6.45) is -0.956. The molecule has 0 heterocycles. The lowest BCUT2D eigenvalue weighted by atomic mass is 9.95. The second-order valence-electron chi connectivity index (χ2n) is 2.59. The van der Waals surface area contributed by atoms with Crippen molar-refractivity contribution in [3.05, 3.63) is 0 Å². The van der Waals surface area contributed by atoms with Crippen LogP contribution in [0.1, 0.15) is 13.8 Å². The molecule has 0 bridgehead atoms. The van der Waals surface area contributed by atoms with E-state index in [-0.39, 0.29) is 18.4 Å². The molecule has 4 nitrogen and oxygen atoms in total. The summed E-state index contributed by atoms with van der Waals surface area (Å²) < 4.78 is 0. The fourth-order valence-electron chi connectivity index (χ4n) is 0.595. The number of hydrogen-bond acceptors (Lipinski definition) is 4. The number of hydroxylamine groups is 1. The van der Waals surface area contributed by atoms with E-state index < -0.39 is 6.23 Å². The summed E-state index contributed by atoms with van der Waals surface area (Å²) in [4.78, 5) is 0. The van der Waals surface area contributed by atoms with Crippen LogP contribution in [0.4, 0.5) is 0 Å². The van der Waals surface area contributed by atoms with Crippen molar-refractivity contribution in [2.45, 2.75) is 20.1 Å². The van der Waals surface area contributed by atoms with Crippen LogP contribution in [0.25, 0.3) is 0 Å². The lowest BCUT2D eigenvalue weighted by Crippen LogP contribution is -2.36. The third kappa shape index (κ3) is 2.62. The molecule has 0 rings (SSSR count). The van der Waals surface area contributed by atoms with Crippen LogP contribution in [-0.4, -0.2) is 28.3 Å². The fraction of sp³-hybridized carbons (Fsp3) is 1.00. The minimum Gasteiger partial charge on any atom is -0.396 e. The van der Waals surface area contributed by atoms with Gasteiger partial charge in [-0.05, 0) is 5.92 Å². The van der Waals surface area contributed by atoms with Crippen LogP contribution < -0.4 is 5.48 Å². The molecule has 3 atom stereocenters. The zero-order valence-corrected chi connectivity index (χ0v) is 6.28. The Morgan fingerprint density at radius 3 is 2.20 bits per heavy atom. The Labute approximate surface area is 60.5 Å². The van der Waals surface area contributed by atoms with Crippen molar-refractivity contribution < 1.29 is 15.4 Å². The fourth-order valence-corrected chi connectivity index (χ4v) is 0.595. The maximum atomic E-state index is 8.96. The summed E-state index contributed by atoms with van der Waals surface area (Å²) in [5, 5.41) is 25.9. The molecule has 0 amide bonds. The van der Waals surface area contributed by atoms with Crippen LogP contribution in [0.5, 0.6) is 0 Å². The summed E-state index contributed by atoms with van der Waals surface area (Å²) >= 11 is 0. The van der Waals surface area contributed by atoms with Crippen molar-refractivity contribution in [3.8, 4) is 0 Å². The molecule has 3 unspecified atom stereocenters. The van der Waals surface area contributed by atoms with Crippen LogP contribution >= 0.6 is 0 Å². The molecule has 10 heavy (non-hydrogen) atoms. The second kappa shape index (κ2) is 4.62. The van der Waals surface area contributed by atoms with Gasteiger partial charge < -0.3 is 15.4 Å². The van der Waals surface area contributed by atoms with Gasteiger partial charge in [-0.3, -0.25) is 0 Å². The van der Waals surface area contributed by atoms with E-state index in [0.717, 1.165) is 0 Å². The van der Waals surface area contributed by atoms with Gasteiger partial charge in [0, 0.05) is 12.5 Å². The predicted octanol–water partition coefficient (Wildman–Crippen LogP) is -0.452. The van der Waals surface area contributed by atoms with Crippen molar-refractivity contribution in [2.24, 2.45) is 11.8 Å². The van der Waals surface area contributed by atoms with Gasteiger partial charge in [0.2, 0.25) is 0 Å². The van der Waals surface area contributed by atoms with Gasteiger partial charge in [0.25, 0.3) is 0 Å². The molecule has 0 aliphatic carbocycles. The Hall–Kier alpha value is -0.160. The van der Waals surface area contributed by atoms with Crippen LogP contribution in [0.2, 0.25) is 0 Å². The first-order valence-electron chi connectivity index (χ1n) is 3.32. The van der Waals surface area contributed by atoms with Crippen LogP contribution in [0.15, 0.2) is 0 Å². The third-order valence-electron chi connectivity index (χ3n) is 1.82. The first kappa shape index (κ1) is 9.84. The topological polar surface area (TPSA) is 72.7 Å². The highest BCUT2D eigenvalue weighted by molar-refractivity contribution is 4.64. The van der Waals surface area contributed by atoms with E-state index in [1.165, 1.54) is 0 Å². The van der Waals surface area contributed by atoms with E-state index >= 15 is 0 Å². The molecule has 0 aliphatic rings. The van der Waals surface area contributed by atoms with Crippen molar-refractivity contribution >= 4 is 0 Å². The van der Waals surface area contributed by atoms with E-state index in [4.69, 9.17) is 15.4 Å². The third-order valence-corrected chi connectivity index (χ3v) is 1.82. The van der Waals surface area contributed by atoms with Gasteiger partial charge in [-0.15, -0.1) is 0 Å². The molecule has 0 radical (unpaired) electrons. The zero-order chi connectivity index (χ0) is 8.15. The molecule has 0 aromatic heterocycles. The zero-order valence-electron chi connectivity index (χ0n) is 6.28. The average Bonchev–Trinajstić information content (AvgIpc) is 2.00. The largest absolute Gasteiger partial charge is 0.396 e. The summed E-state index contributed by atoms with van der Waals surface area (Å²) in [6, 6.07) is 0. The SMILES string of the molecule is CC(CO)C(C)C(O)NO. The van der Waals surface area contributed by atoms with Crippen LogP contribution in [-0.2, 0) is 0 Å². The summed E-state index contributed by atoms with van der Waals surface area (Å²) in [7, 11) is 0. The van der Waals surface area contributed by atoms with E-state index in [9.17, 15) is 0 Å². The quantitative estimate of drug-likeness (QED) is 0.322. The maximum absolute atomic E-state index is 8.96. The van der Waals surface area contributed by atoms with E-state index in [2.05, 4.69) is 0 Å². The molecule has 0 aliphatic heterocycles. The van der Waals surface area contributed by atoms with E-state index in [1.54, 1.807) is 19.3 Å². The van der Waals surface area contributed by atoms with Gasteiger partial charge >= 0.3 is 0 Å². The molecule has 0 saturated heterocycles. The number of nitrogens with one attached hydrogen (secondary N) is 1. The van der Waals surface area contributed by atoms with Gasteiger partial charge in [0.05, 0.1) is 0 Å². The van der Waals surface area contributed by atoms with Gasteiger partial charge in [0.15, 0.2) is 0 Å². The molecule has 4 N–H and O–H groups in total. The standard InChI is InChI=1S/C6H15NO3/c1-4(3-8)5(2)6(9)7-10/h4-10H,3H2,1-2H3. The molecule has 0 aromatic rings. The second-order valence-corrected chi connectivity index (χ2v) is 2.59. The average molecular weight is 149 g/mol. The van der Waals surface area contributed by atoms with Gasteiger partial charge in [-0.2, -0.15) is 5.48 Å². The van der Waals surface area contributed by atoms with Crippen LogP contribution in [0, 0.1) is 11.8 Å². The number of aliphatic hydroxyl groups is 2. The highest BCUT2D eigenvalue weighted by atomic mass is 16.5. The van der Waals surface area contributed by atoms with E-state index in [1.807, 2.05) is 0 Å². The number of aliphatic hydroxyl groups excluding tert-OH is 2. The van der Waals surface area contributed by atoms with Gasteiger partial charge in [-0.25, -0.2) is 0 Å². The molecule has 0 spiro atoms. The first-order chi connectivity index (χ1) is 4.63. The monoisotopic (exact) mass is 149 g/mol. The lowest BCUT2D eigenvalue weighted by molar-refractivity contribution is -0.0483. The van der Waals surface area contributed by atoms with Gasteiger partial charge in [0.1, 0.15) is 6.23 Å². The minimum atomic E-state index is -0.956. The molecular formula is C6H15NO3. The molecule has 0 saturated carbocycles. The Morgan fingerprint density at radius 2 is 1.90 bits per heavy atom. The van der Waals surface area contributed by atoms with Crippen molar-refractivity contribution in [2.75, 3.05) is 6.61 Å². The Balaban J connectivity index is 3.69. The molecule has 62 valence electrons. The maximum Gasteiger partial charge on any atom is 0.129 e. The van der Waals surface area contributed by atoms with Gasteiger partial charge in [-0.1, -0.05) is 13.8 Å². The van der Waals surface area contributed by atoms with E-state index in [0.29, 0.717) is 0 Å². The predicted molar refractivity (Wildman–Crippen MR) is 36.3 cm³/mol. The molecule has 0 aromatic carbocycles. The Bertz CT molecular complexity index is 79.1. The molecule has 0 fully saturated rings. The summed E-state index contributed by atoms with van der Waals surface area (Å²) in [5.74, 6) is -0.176. The summed E-state index contributed by atoms with van der Waals surface area (Å²) in [5.41, 5.74) is 1.72. The highest BCUT2D eigenvalue weighted by Gasteiger charge is 2.18. The smallest absolute Gasteiger partial charge is 0.129 e. The highest BCUT2D eigenvalue weighted by Crippen LogP contribution is 2.12. The molecule has 4 heteroatoms. The van der Waals surface area contributed by atoms with Crippen molar-refractivity contribution in [1.29, 1.82) is 0 Å². The number of hydrogen-bond donors (Lipinski definition) is 4. The molecular weight excluding hydrogens is 134 g/mol. The minimum absolute atomic E-state index is 0.0138. The van der Waals surface area contributed by atoms with Crippen molar-refractivity contribution in [1.82, 2.24) is 5.48 Å². The summed E-state index contributed by atoms with van der Waals surface area (Å²) in [6.45, 7) is 3.56. The van der Waals surface area contributed by atoms with Crippen LogP contribution in [0.3, 0.4) is 0 Å². The number of rotatable bonds is 4. The van der Waals surface area contributed by atoms with Crippen molar-refractivity contribution in [3.63, 3.8) is 0 Å². The Kier molecular flexibility index (Phi) is 4.55. The lowest BCUT2D eigenvalue weighted by Gasteiger charge is -2.21. The first-order valence-corrected chi connectivity index (χ1v) is 3.32. The Morgan fingerprint density at radius 1 is 1.40 bits per heavy atom. The normalized spacial score (nSPS) is 20.1.